The minimum Gasteiger partial charge on any atom is -0.493 e. The Bertz CT molecular complexity index is 1380. The number of benzene rings is 2. The molecule has 10 heteroatoms. The molecule has 0 atom stereocenters. The van der Waals surface area contributed by atoms with Crippen LogP contribution in [0, 0.1) is 22.5 Å². The Morgan fingerprint density at radius 3 is 2.83 bits per heavy atom. The van der Waals surface area contributed by atoms with E-state index in [4.69, 9.17) is 15.9 Å². The summed E-state index contributed by atoms with van der Waals surface area (Å²) in [5.74, 6) is 4.27. The first-order valence-electron chi connectivity index (χ1n) is 11.0. The first-order valence-corrected chi connectivity index (χ1v) is 11.0. The molecular formula is C25H24N6O4. The van der Waals surface area contributed by atoms with Crippen molar-refractivity contribution >= 4 is 28.4 Å². The Morgan fingerprint density at radius 2 is 2.03 bits per heavy atom. The van der Waals surface area contributed by atoms with Crippen molar-refractivity contribution in [1.82, 2.24) is 19.5 Å². The van der Waals surface area contributed by atoms with Gasteiger partial charge >= 0.3 is 5.95 Å². The summed E-state index contributed by atoms with van der Waals surface area (Å²) in [6.45, 7) is 1.01. The number of fused-ring (bicyclic) bond motifs is 1. The largest absolute Gasteiger partial charge is 0.493 e. The van der Waals surface area contributed by atoms with Gasteiger partial charge in [0, 0.05) is 22.7 Å². The topological polar surface area (TPSA) is 117 Å². The van der Waals surface area contributed by atoms with Crippen molar-refractivity contribution in [2.45, 2.75) is 25.8 Å². The van der Waals surface area contributed by atoms with Gasteiger partial charge in [0.25, 0.3) is 0 Å². The summed E-state index contributed by atoms with van der Waals surface area (Å²) < 4.78 is 13.1. The highest BCUT2D eigenvalue weighted by Crippen LogP contribution is 2.35. The molecule has 2 aromatic carbocycles. The van der Waals surface area contributed by atoms with E-state index in [0.717, 1.165) is 35.9 Å². The highest BCUT2D eigenvalue weighted by atomic mass is 16.6. The molecule has 2 aromatic heterocycles. The van der Waals surface area contributed by atoms with E-state index in [0.29, 0.717) is 36.0 Å². The number of hydrogen-bond acceptors (Lipinski definition) is 8. The van der Waals surface area contributed by atoms with Gasteiger partial charge in [-0.25, -0.2) is 14.5 Å². The lowest BCUT2D eigenvalue weighted by Crippen LogP contribution is -2.04. The summed E-state index contributed by atoms with van der Waals surface area (Å²) in [4.78, 5) is 23.0. The quantitative estimate of drug-likeness (QED) is 0.144. The number of ether oxygens (including phenoxy) is 2. The summed E-state index contributed by atoms with van der Waals surface area (Å²) >= 11 is 0. The zero-order chi connectivity index (χ0) is 24.6. The van der Waals surface area contributed by atoms with E-state index in [-0.39, 0.29) is 5.95 Å². The highest BCUT2D eigenvalue weighted by Gasteiger charge is 2.14. The third kappa shape index (κ3) is 5.65. The summed E-state index contributed by atoms with van der Waals surface area (Å²) in [5.41, 5.74) is 2.30. The number of aromatic nitrogens is 4. The number of aryl methyl sites for hydroxylation is 1. The molecule has 0 aliphatic rings. The van der Waals surface area contributed by atoms with Crippen molar-refractivity contribution in [3.63, 3.8) is 0 Å². The number of terminal acetylenes is 1. The lowest BCUT2D eigenvalue weighted by atomic mass is 10.2. The van der Waals surface area contributed by atoms with Gasteiger partial charge in [0.15, 0.2) is 11.5 Å². The Balaban J connectivity index is 1.39. The summed E-state index contributed by atoms with van der Waals surface area (Å²) in [7, 11) is 1.58. The third-order valence-electron chi connectivity index (χ3n) is 5.37. The van der Waals surface area contributed by atoms with Crippen LogP contribution in [0.5, 0.6) is 11.5 Å². The molecule has 10 nitrogen and oxygen atoms in total. The smallest absolute Gasteiger partial charge is 0.434 e. The van der Waals surface area contributed by atoms with E-state index < -0.39 is 4.92 Å². The number of anilines is 2. The number of methoxy groups -OCH3 is 1. The molecule has 0 fully saturated rings. The zero-order valence-electron chi connectivity index (χ0n) is 19.2. The van der Waals surface area contributed by atoms with Gasteiger partial charge in [-0.2, -0.15) is 0 Å². The molecule has 0 unspecified atom stereocenters. The van der Waals surface area contributed by atoms with Crippen LogP contribution in [0.1, 0.15) is 24.8 Å². The van der Waals surface area contributed by atoms with E-state index in [1.165, 1.54) is 12.5 Å². The lowest BCUT2D eigenvalue weighted by molar-refractivity contribution is -0.396. The normalized spacial score (nSPS) is 10.6. The van der Waals surface area contributed by atoms with Crippen LogP contribution < -0.4 is 14.8 Å². The fourth-order valence-electron chi connectivity index (χ4n) is 3.65. The maximum atomic E-state index is 10.9. The Morgan fingerprint density at radius 1 is 1.14 bits per heavy atom. The molecule has 0 spiro atoms. The molecule has 4 rings (SSSR count). The van der Waals surface area contributed by atoms with E-state index in [1.807, 2.05) is 36.4 Å². The van der Waals surface area contributed by atoms with Crippen molar-refractivity contribution in [3.05, 3.63) is 70.8 Å². The Hall–Kier alpha value is -4.65. The van der Waals surface area contributed by atoms with Crippen LogP contribution in [0.4, 0.5) is 17.5 Å². The van der Waals surface area contributed by atoms with Crippen LogP contribution in [0.15, 0.2) is 55.1 Å². The fourth-order valence-corrected chi connectivity index (χ4v) is 3.65. The van der Waals surface area contributed by atoms with Crippen LogP contribution in [0.2, 0.25) is 0 Å². The summed E-state index contributed by atoms with van der Waals surface area (Å²) in [6, 6.07) is 11.2. The molecule has 0 bridgehead atoms. The van der Waals surface area contributed by atoms with Crippen LogP contribution in [-0.2, 0) is 6.54 Å². The highest BCUT2D eigenvalue weighted by molar-refractivity contribution is 5.93. The first-order chi connectivity index (χ1) is 17.1. The standard InChI is InChI=1S/C25H24N6O4/c1-3-18-8-7-9-19(14-18)29-24-20-15-22(34-2)23(16-21(20)27-17-28-24)35-13-6-4-5-11-30-12-10-26-25(30)31(32)33/h1,7-10,12,14-17H,4-6,11,13H2,2H3,(H,27,28,29). The first kappa shape index (κ1) is 23.5. The summed E-state index contributed by atoms with van der Waals surface area (Å²) in [5, 5.41) is 15.0. The average molecular weight is 473 g/mol. The lowest BCUT2D eigenvalue weighted by Gasteiger charge is -2.14. The van der Waals surface area contributed by atoms with Gasteiger partial charge in [0.05, 0.1) is 25.8 Å². The third-order valence-corrected chi connectivity index (χ3v) is 5.37. The molecule has 35 heavy (non-hydrogen) atoms. The fraction of sp³-hybridized carbons (Fsp3) is 0.240. The van der Waals surface area contributed by atoms with Crippen LogP contribution >= 0.6 is 0 Å². The van der Waals surface area contributed by atoms with E-state index in [1.54, 1.807) is 17.9 Å². The minimum atomic E-state index is -0.478. The van der Waals surface area contributed by atoms with Crippen molar-refractivity contribution in [1.29, 1.82) is 0 Å². The minimum absolute atomic E-state index is 0.137. The molecule has 0 saturated carbocycles. The van der Waals surface area contributed by atoms with Gasteiger partial charge in [-0.15, -0.1) is 6.42 Å². The molecule has 0 aliphatic carbocycles. The van der Waals surface area contributed by atoms with Crippen molar-refractivity contribution in [2.75, 3.05) is 19.0 Å². The van der Waals surface area contributed by atoms with Gasteiger partial charge in [-0.05, 0) is 48.5 Å². The van der Waals surface area contributed by atoms with Gasteiger partial charge in [-0.1, -0.05) is 17.0 Å². The molecule has 0 radical (unpaired) electrons. The molecule has 1 N–H and O–H groups in total. The maximum absolute atomic E-state index is 10.9. The summed E-state index contributed by atoms with van der Waals surface area (Å²) in [6.07, 6.45) is 12.4. The SMILES string of the molecule is C#Cc1cccc(Nc2ncnc3cc(OCCCCCn4ccnc4[N+](=O)[O-])c(OC)cc23)c1. The number of nitro groups is 1. The predicted molar refractivity (Wildman–Crippen MR) is 132 cm³/mol. The van der Waals surface area contributed by atoms with Gasteiger partial charge in [-0.3, -0.25) is 0 Å². The molecule has 0 amide bonds. The molecule has 0 saturated heterocycles. The number of nitrogens with zero attached hydrogens (tertiary/aromatic N) is 5. The van der Waals surface area contributed by atoms with E-state index in [9.17, 15) is 10.1 Å². The Kier molecular flexibility index (Phi) is 7.37. The van der Waals surface area contributed by atoms with E-state index >= 15 is 0 Å². The molecule has 4 aromatic rings. The number of nitrogens with one attached hydrogen (secondary N) is 1. The average Bonchev–Trinajstić information content (AvgIpc) is 3.35. The van der Waals surface area contributed by atoms with Crippen LogP contribution in [0.3, 0.4) is 0 Å². The van der Waals surface area contributed by atoms with E-state index in [2.05, 4.69) is 26.2 Å². The predicted octanol–water partition coefficient (Wildman–Crippen LogP) is 4.72. The maximum Gasteiger partial charge on any atom is 0.434 e. The molecule has 0 aliphatic heterocycles. The number of hydrogen-bond donors (Lipinski definition) is 1. The molecule has 178 valence electrons. The van der Waals surface area contributed by atoms with Crippen molar-refractivity contribution in [3.8, 4) is 23.8 Å². The van der Waals surface area contributed by atoms with Crippen molar-refractivity contribution < 1.29 is 14.4 Å². The van der Waals surface area contributed by atoms with Gasteiger partial charge < -0.3 is 24.9 Å². The second-order valence-corrected chi connectivity index (χ2v) is 7.68. The van der Waals surface area contributed by atoms with Gasteiger partial charge in [0.1, 0.15) is 24.5 Å². The van der Waals surface area contributed by atoms with Gasteiger partial charge in [0.2, 0.25) is 0 Å². The van der Waals surface area contributed by atoms with Crippen LogP contribution in [0.25, 0.3) is 10.9 Å². The monoisotopic (exact) mass is 472 g/mol. The number of imidazole rings is 1. The Labute approximate surface area is 202 Å². The molecule has 2 heterocycles. The number of rotatable bonds is 11. The van der Waals surface area contributed by atoms with Crippen molar-refractivity contribution in [2.24, 2.45) is 0 Å². The zero-order valence-corrected chi connectivity index (χ0v) is 19.2. The molecular weight excluding hydrogens is 448 g/mol. The second-order valence-electron chi connectivity index (χ2n) is 7.68. The van der Waals surface area contributed by atoms with Crippen LogP contribution in [-0.4, -0.2) is 38.2 Å². The second kappa shape index (κ2) is 11.0. The number of unbranched alkanes of at least 4 members (excludes halogenated alkanes) is 2.